The summed E-state index contributed by atoms with van der Waals surface area (Å²) in [6.07, 6.45) is 3.31. The van der Waals surface area contributed by atoms with Crippen molar-refractivity contribution in [2.24, 2.45) is 17.8 Å². The molecule has 1 saturated carbocycles. The average molecular weight is 440 g/mol. The summed E-state index contributed by atoms with van der Waals surface area (Å²) in [7, 11) is 0. The Morgan fingerprint density at radius 1 is 0.968 bits per heavy atom. The van der Waals surface area contributed by atoms with Gasteiger partial charge in [0.2, 0.25) is 0 Å². The number of benzene rings is 2. The van der Waals surface area contributed by atoms with E-state index in [1.807, 2.05) is 6.07 Å². The van der Waals surface area contributed by atoms with Crippen LogP contribution in [0, 0.1) is 29.4 Å². The molecule has 1 nitrogen and oxygen atoms in total. The van der Waals surface area contributed by atoms with Gasteiger partial charge in [-0.25, -0.2) is 8.78 Å². The van der Waals surface area contributed by atoms with Crippen molar-refractivity contribution in [2.75, 3.05) is 0 Å². The van der Waals surface area contributed by atoms with Crippen LogP contribution in [0.4, 0.5) is 22.0 Å². The fourth-order valence-electron chi connectivity index (χ4n) is 4.79. The lowest BCUT2D eigenvalue weighted by Crippen LogP contribution is -2.21. The second-order valence-electron chi connectivity index (χ2n) is 8.76. The Morgan fingerprint density at radius 3 is 2.26 bits per heavy atom. The van der Waals surface area contributed by atoms with E-state index in [2.05, 4.69) is 18.6 Å². The van der Waals surface area contributed by atoms with Crippen LogP contribution >= 0.6 is 0 Å². The summed E-state index contributed by atoms with van der Waals surface area (Å²) in [5.41, 5.74) is 1.19. The molecule has 31 heavy (non-hydrogen) atoms. The van der Waals surface area contributed by atoms with Crippen LogP contribution in [0.3, 0.4) is 0 Å². The van der Waals surface area contributed by atoms with E-state index in [9.17, 15) is 22.0 Å². The van der Waals surface area contributed by atoms with Gasteiger partial charge < -0.3 is 4.74 Å². The summed E-state index contributed by atoms with van der Waals surface area (Å²) >= 11 is 0. The van der Waals surface area contributed by atoms with Gasteiger partial charge >= 0.3 is 6.36 Å². The fourth-order valence-corrected chi connectivity index (χ4v) is 4.79. The highest BCUT2D eigenvalue weighted by molar-refractivity contribution is 5.65. The number of alkyl halides is 3. The molecule has 0 bridgehead atoms. The van der Waals surface area contributed by atoms with Crippen LogP contribution in [-0.4, -0.2) is 6.36 Å². The number of rotatable bonds is 7. The fraction of sp³-hybridized carbons (Fsp3) is 0.520. The van der Waals surface area contributed by atoms with Gasteiger partial charge in [0, 0.05) is 5.56 Å². The third kappa shape index (κ3) is 6.44. The molecule has 0 N–H and O–H groups in total. The van der Waals surface area contributed by atoms with Gasteiger partial charge in [-0.1, -0.05) is 57.7 Å². The third-order valence-electron chi connectivity index (χ3n) is 6.45. The summed E-state index contributed by atoms with van der Waals surface area (Å²) < 4.78 is 69.2. The molecule has 0 aliphatic heterocycles. The number of ether oxygens (including phenoxy) is 1. The molecule has 0 saturated heterocycles. The molecule has 0 aromatic heterocycles. The van der Waals surface area contributed by atoms with E-state index in [1.54, 1.807) is 6.07 Å². The lowest BCUT2D eigenvalue weighted by Gasteiger charge is -2.32. The molecule has 170 valence electrons. The Balaban J connectivity index is 1.66. The van der Waals surface area contributed by atoms with Crippen LogP contribution in [0.2, 0.25) is 0 Å². The predicted octanol–water partition coefficient (Wildman–Crippen LogP) is 8.32. The quantitative estimate of drug-likeness (QED) is 0.393. The molecule has 1 fully saturated rings. The monoisotopic (exact) mass is 440 g/mol. The lowest BCUT2D eigenvalue weighted by atomic mass is 9.73. The highest BCUT2D eigenvalue weighted by Gasteiger charge is 2.32. The second kappa shape index (κ2) is 10.0. The maximum Gasteiger partial charge on any atom is 0.573 e. The van der Waals surface area contributed by atoms with Crippen molar-refractivity contribution in [1.29, 1.82) is 0 Å². The molecule has 2 aromatic carbocycles. The molecule has 1 atom stereocenters. The summed E-state index contributed by atoms with van der Waals surface area (Å²) in [5.74, 6) is -0.699. The summed E-state index contributed by atoms with van der Waals surface area (Å²) in [5, 5.41) is 0. The highest BCUT2D eigenvalue weighted by Crippen LogP contribution is 2.37. The minimum atomic E-state index is -4.98. The maximum absolute atomic E-state index is 14.7. The molecule has 0 amide bonds. The van der Waals surface area contributed by atoms with Crippen LogP contribution < -0.4 is 4.74 Å². The van der Waals surface area contributed by atoms with Crippen molar-refractivity contribution < 1.29 is 26.7 Å². The lowest BCUT2D eigenvalue weighted by molar-refractivity contribution is -0.275. The van der Waals surface area contributed by atoms with Crippen LogP contribution in [0.5, 0.6) is 5.75 Å². The first-order chi connectivity index (χ1) is 14.7. The summed E-state index contributed by atoms with van der Waals surface area (Å²) in [6, 6.07) is 7.77. The van der Waals surface area contributed by atoms with Crippen molar-refractivity contribution in [2.45, 2.75) is 65.2 Å². The minimum Gasteiger partial charge on any atom is -0.403 e. The average Bonchev–Trinajstić information content (AvgIpc) is 2.69. The predicted molar refractivity (Wildman–Crippen MR) is 112 cm³/mol. The Hall–Kier alpha value is -2.11. The smallest absolute Gasteiger partial charge is 0.403 e. The van der Waals surface area contributed by atoms with E-state index in [1.165, 1.54) is 50.7 Å². The second-order valence-corrected chi connectivity index (χ2v) is 8.76. The molecule has 2 aromatic rings. The van der Waals surface area contributed by atoms with Gasteiger partial charge in [-0.2, -0.15) is 0 Å². The zero-order valence-corrected chi connectivity index (χ0v) is 17.9. The van der Waals surface area contributed by atoms with E-state index in [4.69, 9.17) is 0 Å². The van der Waals surface area contributed by atoms with E-state index < -0.39 is 23.7 Å². The van der Waals surface area contributed by atoms with Gasteiger partial charge in [-0.05, 0) is 66.3 Å². The highest BCUT2D eigenvalue weighted by atomic mass is 19.4. The molecule has 6 heteroatoms. The zero-order chi connectivity index (χ0) is 22.6. The topological polar surface area (TPSA) is 9.23 Å². The molecular weight excluding hydrogens is 411 g/mol. The van der Waals surface area contributed by atoms with Crippen molar-refractivity contribution in [3.8, 4) is 16.9 Å². The largest absolute Gasteiger partial charge is 0.573 e. The summed E-state index contributed by atoms with van der Waals surface area (Å²) in [6.45, 7) is 4.44. The van der Waals surface area contributed by atoms with Crippen LogP contribution in [0.15, 0.2) is 36.4 Å². The standard InChI is InChI=1S/C25H29F5O/c1-3-4-17-5-8-19(9-6-17)16(2)13-18-7-11-21(22(26)14-18)20-10-12-24(23(27)15-20)31-25(28,29)30/h7,10-12,14-17,19H,3-6,8-9,13H2,1-2H3. The minimum absolute atomic E-state index is 0.147. The van der Waals surface area contributed by atoms with E-state index in [-0.39, 0.29) is 11.1 Å². The Kier molecular flexibility index (Phi) is 7.60. The molecule has 0 heterocycles. The first kappa shape index (κ1) is 23.6. The van der Waals surface area contributed by atoms with Crippen LogP contribution in [0.25, 0.3) is 11.1 Å². The number of hydrogen-bond acceptors (Lipinski definition) is 1. The van der Waals surface area contributed by atoms with Gasteiger partial charge in [0.05, 0.1) is 0 Å². The first-order valence-electron chi connectivity index (χ1n) is 11.0. The van der Waals surface area contributed by atoms with Crippen molar-refractivity contribution in [3.63, 3.8) is 0 Å². The van der Waals surface area contributed by atoms with Crippen LogP contribution in [0.1, 0.15) is 57.9 Å². The molecule has 0 radical (unpaired) electrons. The van der Waals surface area contributed by atoms with E-state index in [0.29, 0.717) is 11.8 Å². The van der Waals surface area contributed by atoms with Crippen molar-refractivity contribution in [1.82, 2.24) is 0 Å². The zero-order valence-electron chi connectivity index (χ0n) is 17.9. The maximum atomic E-state index is 14.7. The number of halogens is 5. The Bertz CT molecular complexity index is 869. The molecule has 1 aliphatic rings. The molecule has 1 unspecified atom stereocenters. The van der Waals surface area contributed by atoms with Gasteiger partial charge in [0.15, 0.2) is 11.6 Å². The third-order valence-corrected chi connectivity index (χ3v) is 6.45. The molecular formula is C25H29F5O. The number of hydrogen-bond donors (Lipinski definition) is 0. The summed E-state index contributed by atoms with van der Waals surface area (Å²) in [4.78, 5) is 0. The van der Waals surface area contributed by atoms with Crippen molar-refractivity contribution >= 4 is 0 Å². The molecule has 1 aliphatic carbocycles. The Labute approximate surface area is 180 Å². The molecule has 3 rings (SSSR count). The van der Waals surface area contributed by atoms with Gasteiger partial charge in [-0.15, -0.1) is 13.2 Å². The van der Waals surface area contributed by atoms with E-state index >= 15 is 0 Å². The van der Waals surface area contributed by atoms with Crippen LogP contribution in [-0.2, 0) is 6.42 Å². The van der Waals surface area contributed by atoms with Gasteiger partial charge in [0.25, 0.3) is 0 Å². The van der Waals surface area contributed by atoms with E-state index in [0.717, 1.165) is 30.0 Å². The first-order valence-corrected chi connectivity index (χ1v) is 11.0. The Morgan fingerprint density at radius 2 is 1.68 bits per heavy atom. The SMILES string of the molecule is CCCC1CCC(C(C)Cc2ccc(-c3ccc(OC(F)(F)F)c(F)c3)c(F)c2)CC1. The molecule has 0 spiro atoms. The van der Waals surface area contributed by atoms with Gasteiger partial charge in [0.1, 0.15) is 5.82 Å². The van der Waals surface area contributed by atoms with Gasteiger partial charge in [-0.3, -0.25) is 0 Å². The normalized spacial score (nSPS) is 20.5. The van der Waals surface area contributed by atoms with Crippen molar-refractivity contribution in [3.05, 3.63) is 53.6 Å².